The predicted octanol–water partition coefficient (Wildman–Crippen LogP) is 2.22. The van der Waals surface area contributed by atoms with Gasteiger partial charge in [-0.1, -0.05) is 39.7 Å². The molecular weight excluding hydrogens is 410 g/mol. The molecule has 0 bridgehead atoms. The maximum absolute atomic E-state index is 11.9. The Bertz CT molecular complexity index is 764. The molecule has 0 atom stereocenters. The van der Waals surface area contributed by atoms with Gasteiger partial charge in [0.1, 0.15) is 0 Å². The molecule has 8 heteroatoms. The molecule has 0 fully saturated rings. The van der Waals surface area contributed by atoms with E-state index in [0.717, 1.165) is 10.0 Å². The molecule has 3 amide bonds. The number of hydrogen-bond donors (Lipinski definition) is 3. The summed E-state index contributed by atoms with van der Waals surface area (Å²) in [4.78, 5) is 35.3. The van der Waals surface area contributed by atoms with Gasteiger partial charge in [-0.15, -0.1) is 0 Å². The normalized spacial score (nSPS) is 10.0. The van der Waals surface area contributed by atoms with Crippen LogP contribution in [0.4, 0.5) is 0 Å². The number of amides is 3. The lowest BCUT2D eigenvalue weighted by Crippen LogP contribution is -2.46. The number of hydrazine groups is 1. The highest BCUT2D eigenvalue weighted by molar-refractivity contribution is 9.10. The molecule has 3 N–H and O–H groups in total. The molecular formula is C17H15BrClN3O3. The number of carbonyl (C=O) groups is 3. The first-order chi connectivity index (χ1) is 11.9. The van der Waals surface area contributed by atoms with Crippen molar-refractivity contribution in [2.75, 3.05) is 6.54 Å². The van der Waals surface area contributed by atoms with E-state index in [1.165, 1.54) is 0 Å². The molecule has 25 heavy (non-hydrogen) atoms. The summed E-state index contributed by atoms with van der Waals surface area (Å²) in [6.07, 6.45) is 0.0999. The van der Waals surface area contributed by atoms with Crippen LogP contribution in [0.5, 0.6) is 0 Å². The summed E-state index contributed by atoms with van der Waals surface area (Å²) in [6, 6.07) is 13.5. The lowest BCUT2D eigenvalue weighted by Gasteiger charge is -2.09. The molecule has 0 heterocycles. The van der Waals surface area contributed by atoms with Crippen LogP contribution in [-0.4, -0.2) is 24.3 Å². The summed E-state index contributed by atoms with van der Waals surface area (Å²) >= 11 is 9.04. The molecule has 0 aliphatic carbocycles. The Morgan fingerprint density at radius 1 is 0.880 bits per heavy atom. The van der Waals surface area contributed by atoms with Gasteiger partial charge in [0.2, 0.25) is 5.91 Å². The van der Waals surface area contributed by atoms with Gasteiger partial charge in [-0.2, -0.15) is 0 Å². The Morgan fingerprint density at radius 3 is 2.12 bits per heavy atom. The zero-order chi connectivity index (χ0) is 18.2. The molecule has 0 radical (unpaired) electrons. The Morgan fingerprint density at radius 2 is 1.48 bits per heavy atom. The van der Waals surface area contributed by atoms with E-state index in [4.69, 9.17) is 11.6 Å². The average molecular weight is 425 g/mol. The molecule has 0 saturated heterocycles. The summed E-state index contributed by atoms with van der Waals surface area (Å²) in [7, 11) is 0. The van der Waals surface area contributed by atoms with Crippen LogP contribution in [0.2, 0.25) is 5.02 Å². The molecule has 130 valence electrons. The molecule has 0 aliphatic rings. The van der Waals surface area contributed by atoms with Gasteiger partial charge >= 0.3 is 0 Å². The third-order valence-electron chi connectivity index (χ3n) is 3.14. The van der Waals surface area contributed by atoms with E-state index in [2.05, 4.69) is 32.1 Å². The second-order valence-corrected chi connectivity index (χ2v) is 6.44. The Hall–Kier alpha value is -2.38. The minimum atomic E-state index is -0.532. The van der Waals surface area contributed by atoms with Gasteiger partial charge in [0, 0.05) is 15.1 Å². The van der Waals surface area contributed by atoms with Gasteiger partial charge in [0.15, 0.2) is 0 Å². The number of benzene rings is 2. The van der Waals surface area contributed by atoms with Crippen molar-refractivity contribution in [2.24, 2.45) is 0 Å². The van der Waals surface area contributed by atoms with Crippen LogP contribution in [0.1, 0.15) is 15.9 Å². The Kier molecular flexibility index (Phi) is 6.97. The molecule has 2 aromatic carbocycles. The Balaban J connectivity index is 1.71. The van der Waals surface area contributed by atoms with Crippen molar-refractivity contribution in [1.82, 2.24) is 16.2 Å². The van der Waals surface area contributed by atoms with E-state index in [1.54, 1.807) is 48.5 Å². The molecule has 2 aromatic rings. The topological polar surface area (TPSA) is 87.3 Å². The zero-order valence-corrected chi connectivity index (χ0v) is 15.4. The molecule has 6 nitrogen and oxygen atoms in total. The lowest BCUT2D eigenvalue weighted by atomic mass is 10.1. The summed E-state index contributed by atoms with van der Waals surface area (Å²) in [5, 5.41) is 3.05. The van der Waals surface area contributed by atoms with Crippen LogP contribution in [0, 0.1) is 0 Å². The minimum absolute atomic E-state index is 0.0999. The van der Waals surface area contributed by atoms with Crippen LogP contribution < -0.4 is 16.2 Å². The van der Waals surface area contributed by atoms with E-state index >= 15 is 0 Å². The maximum Gasteiger partial charge on any atom is 0.257 e. The quantitative estimate of drug-likeness (QED) is 0.643. The van der Waals surface area contributed by atoms with E-state index in [0.29, 0.717) is 10.6 Å². The number of carbonyl (C=O) groups excluding carboxylic acids is 3. The summed E-state index contributed by atoms with van der Waals surface area (Å²) in [5.41, 5.74) is 5.73. The van der Waals surface area contributed by atoms with Gasteiger partial charge in [-0.05, 0) is 42.0 Å². The third-order valence-corrected chi connectivity index (χ3v) is 3.92. The second-order valence-electron chi connectivity index (χ2n) is 5.09. The van der Waals surface area contributed by atoms with E-state index in [9.17, 15) is 14.4 Å². The number of halogens is 2. The molecule has 0 aromatic heterocycles. The predicted molar refractivity (Wildman–Crippen MR) is 97.9 cm³/mol. The SMILES string of the molecule is O=C(CNC(=O)c1ccc(Br)cc1)NNC(=O)Cc1ccc(Cl)cc1. The fraction of sp³-hybridized carbons (Fsp3) is 0.118. The van der Waals surface area contributed by atoms with E-state index in [-0.39, 0.29) is 24.8 Å². The van der Waals surface area contributed by atoms with Crippen LogP contribution in [-0.2, 0) is 16.0 Å². The molecule has 0 unspecified atom stereocenters. The fourth-order valence-electron chi connectivity index (χ4n) is 1.88. The molecule has 0 spiro atoms. The summed E-state index contributed by atoms with van der Waals surface area (Å²) < 4.78 is 0.852. The van der Waals surface area contributed by atoms with Crippen LogP contribution in [0.25, 0.3) is 0 Å². The first kappa shape index (κ1) is 19.0. The van der Waals surface area contributed by atoms with Crippen molar-refractivity contribution >= 4 is 45.3 Å². The van der Waals surface area contributed by atoms with Gasteiger partial charge in [-0.3, -0.25) is 25.2 Å². The molecule has 0 aliphatic heterocycles. The standard InChI is InChI=1S/C17H15BrClN3O3/c18-13-5-3-12(4-6-13)17(25)20-10-16(24)22-21-15(23)9-11-1-7-14(19)8-2-11/h1-8H,9-10H2,(H,20,25)(H,21,23)(H,22,24). The second kappa shape index (κ2) is 9.19. The minimum Gasteiger partial charge on any atom is -0.343 e. The van der Waals surface area contributed by atoms with Crippen molar-refractivity contribution in [3.05, 3.63) is 69.2 Å². The highest BCUT2D eigenvalue weighted by Crippen LogP contribution is 2.10. The number of rotatable bonds is 5. The van der Waals surface area contributed by atoms with Crippen molar-refractivity contribution in [2.45, 2.75) is 6.42 Å². The Labute approximate surface area is 158 Å². The van der Waals surface area contributed by atoms with Crippen molar-refractivity contribution in [3.63, 3.8) is 0 Å². The lowest BCUT2D eigenvalue weighted by molar-refractivity contribution is -0.128. The van der Waals surface area contributed by atoms with Gasteiger partial charge in [0.25, 0.3) is 11.8 Å². The highest BCUT2D eigenvalue weighted by Gasteiger charge is 2.09. The van der Waals surface area contributed by atoms with Gasteiger partial charge in [-0.25, -0.2) is 0 Å². The maximum atomic E-state index is 11.9. The fourth-order valence-corrected chi connectivity index (χ4v) is 2.27. The highest BCUT2D eigenvalue weighted by atomic mass is 79.9. The van der Waals surface area contributed by atoms with Crippen molar-refractivity contribution in [3.8, 4) is 0 Å². The molecule has 2 rings (SSSR count). The monoisotopic (exact) mass is 423 g/mol. The van der Waals surface area contributed by atoms with E-state index < -0.39 is 5.91 Å². The van der Waals surface area contributed by atoms with Crippen LogP contribution in [0.15, 0.2) is 53.0 Å². The number of nitrogens with one attached hydrogen (secondary N) is 3. The van der Waals surface area contributed by atoms with Crippen LogP contribution >= 0.6 is 27.5 Å². The summed E-state index contributed by atoms with van der Waals surface area (Å²) in [6.45, 7) is -0.254. The van der Waals surface area contributed by atoms with Crippen molar-refractivity contribution in [1.29, 1.82) is 0 Å². The first-order valence-corrected chi connectivity index (χ1v) is 8.47. The van der Waals surface area contributed by atoms with Crippen LogP contribution in [0.3, 0.4) is 0 Å². The smallest absolute Gasteiger partial charge is 0.257 e. The zero-order valence-electron chi connectivity index (χ0n) is 13.0. The van der Waals surface area contributed by atoms with E-state index in [1.807, 2.05) is 0 Å². The molecule has 0 saturated carbocycles. The van der Waals surface area contributed by atoms with Gasteiger partial charge < -0.3 is 5.32 Å². The average Bonchev–Trinajstić information content (AvgIpc) is 2.60. The van der Waals surface area contributed by atoms with Gasteiger partial charge in [0.05, 0.1) is 13.0 Å². The summed E-state index contributed by atoms with van der Waals surface area (Å²) in [5.74, 6) is -1.29. The first-order valence-electron chi connectivity index (χ1n) is 7.30. The third kappa shape index (κ3) is 6.56. The largest absolute Gasteiger partial charge is 0.343 e. The number of hydrogen-bond acceptors (Lipinski definition) is 3. The van der Waals surface area contributed by atoms with Crippen molar-refractivity contribution < 1.29 is 14.4 Å².